The monoisotopic (exact) mass is 1570 g/mol. The number of aliphatic carboxylic acids is 7. The van der Waals surface area contributed by atoms with E-state index in [0.717, 1.165) is 25.5 Å². The maximum absolute atomic E-state index is 14.3. The summed E-state index contributed by atoms with van der Waals surface area (Å²) >= 11 is 2.19. The van der Waals surface area contributed by atoms with E-state index in [9.17, 15) is 98.1 Å². The Balaban J connectivity index is 1.21. The number of rotatable bonds is 45. The van der Waals surface area contributed by atoms with Crippen LogP contribution in [0.3, 0.4) is 0 Å². The molecule has 6 atom stereocenters. The normalized spacial score (nSPS) is 17.6. The Morgan fingerprint density at radius 2 is 0.904 bits per heavy atom. The van der Waals surface area contributed by atoms with E-state index in [-0.39, 0.29) is 168 Å². The largest absolute Gasteiger partial charge is 0.481 e. The number of carbonyl (C=O) groups excluding carboxylic acids is 6. The standard InChI is InChI=1S/C70H101IN12O21/c71-51-22-17-45(18-23-51)8-7-13-57(84)75-53(24-26-59(86)87)67(99)76-52(11-3-5-28-72-58(85)41-80-30-32-81(42-61(90)91)34-36-83(44-63(94)95)37-35-82(33-31-80)43-62(92)93)65(97)74-40-46-14-20-49(21-15-46)64(96)77-56(39-47-16-19-48-9-1-2-10-50(48)38-47)66(98)73-29-6-4-12-54(68(100)101)78-70(104)79-55(69(102)103)25-27-60(88)89/h1-2,9-10,16-19,22-23,38,46,49,52-56,70,78-79,104H,3-8,11-15,20-21,24-37,39-44H2,(H,72,85)(H,73,98)(H,74,97)(H,75,84)(H,76,99)(H,77,96)(H,86,87)(H,88,89)(H,90,91)(H,92,93)(H,94,95)(H,100,101)(H,102,103)/t46?,49?,52-,53-,54-,55-,56-,70?/m0/s1. The minimum atomic E-state index is -1.81. The van der Waals surface area contributed by atoms with E-state index in [0.29, 0.717) is 44.9 Å². The number of nitrogens with one attached hydrogen (secondary N) is 8. The van der Waals surface area contributed by atoms with Gasteiger partial charge in [0.05, 0.1) is 26.2 Å². The molecule has 1 heterocycles. The molecule has 2 aliphatic rings. The summed E-state index contributed by atoms with van der Waals surface area (Å²) in [5.74, 6) is -12.3. The summed E-state index contributed by atoms with van der Waals surface area (Å²) in [6.45, 7) is 0.821. The van der Waals surface area contributed by atoms with Gasteiger partial charge < -0.3 is 72.8 Å². The lowest BCUT2D eigenvalue weighted by Gasteiger charge is -2.32. The molecule has 1 saturated heterocycles. The lowest BCUT2D eigenvalue weighted by Crippen LogP contribution is -2.55. The van der Waals surface area contributed by atoms with Gasteiger partial charge in [-0.05, 0) is 152 Å². The van der Waals surface area contributed by atoms with Crippen LogP contribution in [0.1, 0.15) is 114 Å². The number of fused-ring (bicyclic) bond motifs is 1. The van der Waals surface area contributed by atoms with E-state index in [1.54, 1.807) is 19.6 Å². The van der Waals surface area contributed by atoms with Gasteiger partial charge in [0.1, 0.15) is 30.2 Å². The van der Waals surface area contributed by atoms with Gasteiger partial charge in [-0.1, -0.05) is 54.6 Å². The maximum atomic E-state index is 14.3. The second-order valence-electron chi connectivity index (χ2n) is 26.4. The fourth-order valence-corrected chi connectivity index (χ4v) is 12.7. The average molecular weight is 1570 g/mol. The zero-order chi connectivity index (χ0) is 76.1. The summed E-state index contributed by atoms with van der Waals surface area (Å²) in [6.07, 6.45) is 0.502. The number of hydrogen-bond donors (Lipinski definition) is 16. The molecule has 1 unspecified atom stereocenters. The number of hydrogen-bond acceptors (Lipinski definition) is 20. The Morgan fingerprint density at radius 3 is 1.43 bits per heavy atom. The van der Waals surface area contributed by atoms with Gasteiger partial charge in [-0.15, -0.1) is 0 Å². The number of carboxylic acids is 7. The van der Waals surface area contributed by atoms with Crippen molar-refractivity contribution in [2.45, 2.75) is 152 Å². The first-order valence-corrected chi connectivity index (χ1v) is 36.3. The highest BCUT2D eigenvalue weighted by atomic mass is 127. The van der Waals surface area contributed by atoms with Crippen molar-refractivity contribution >= 4 is 111 Å². The van der Waals surface area contributed by atoms with Crippen LogP contribution in [-0.2, 0) is 75.2 Å². The van der Waals surface area contributed by atoms with E-state index < -0.39 is 127 Å². The summed E-state index contributed by atoms with van der Waals surface area (Å²) in [5.41, 5.74) is 1.76. The van der Waals surface area contributed by atoms with E-state index in [1.165, 1.54) is 0 Å². The van der Waals surface area contributed by atoms with Gasteiger partial charge in [0.15, 0.2) is 6.35 Å². The molecule has 2 fully saturated rings. The number of unbranched alkanes of at least 4 members (excludes halogenated alkanes) is 2. The fourth-order valence-electron chi connectivity index (χ4n) is 12.4. The Morgan fingerprint density at radius 1 is 0.433 bits per heavy atom. The highest BCUT2D eigenvalue weighted by Gasteiger charge is 2.33. The summed E-state index contributed by atoms with van der Waals surface area (Å²) in [4.78, 5) is 172. The number of carbonyl (C=O) groups is 13. The molecule has 0 spiro atoms. The third kappa shape index (κ3) is 34.4. The molecule has 1 aliphatic carbocycles. The number of benzene rings is 3. The molecule has 574 valence electrons. The number of amides is 6. The Labute approximate surface area is 616 Å². The van der Waals surface area contributed by atoms with Crippen molar-refractivity contribution in [2.75, 3.05) is 98.2 Å². The molecule has 1 saturated carbocycles. The Hall–Kier alpha value is -8.52. The van der Waals surface area contributed by atoms with Gasteiger partial charge in [0.2, 0.25) is 35.4 Å². The van der Waals surface area contributed by atoms with Crippen molar-refractivity contribution in [2.24, 2.45) is 11.8 Å². The molecule has 0 aromatic heterocycles. The highest BCUT2D eigenvalue weighted by molar-refractivity contribution is 14.1. The number of aliphatic hydroxyl groups is 1. The zero-order valence-electron chi connectivity index (χ0n) is 58.4. The summed E-state index contributed by atoms with van der Waals surface area (Å²) in [6, 6.07) is 14.7. The number of halogens is 1. The van der Waals surface area contributed by atoms with Crippen LogP contribution in [0.4, 0.5) is 0 Å². The number of carboxylic acid groups (broad SMARTS) is 7. The molecule has 16 N–H and O–H groups in total. The van der Waals surface area contributed by atoms with Crippen molar-refractivity contribution in [1.29, 1.82) is 0 Å². The van der Waals surface area contributed by atoms with E-state index >= 15 is 0 Å². The predicted octanol–water partition coefficient (Wildman–Crippen LogP) is 0.526. The summed E-state index contributed by atoms with van der Waals surface area (Å²) < 4.78 is 1.04. The highest BCUT2D eigenvalue weighted by Crippen LogP contribution is 2.29. The van der Waals surface area contributed by atoms with Crippen LogP contribution < -0.4 is 42.5 Å². The fraction of sp³-hybridized carbons (Fsp3) is 0.586. The molecule has 34 heteroatoms. The number of aliphatic hydroxyl groups excluding tert-OH is 1. The second kappa shape index (κ2) is 46.3. The molecule has 0 bridgehead atoms. The maximum Gasteiger partial charge on any atom is 0.320 e. The van der Waals surface area contributed by atoms with Crippen molar-refractivity contribution in [1.82, 2.24) is 62.1 Å². The molecule has 3 aromatic rings. The van der Waals surface area contributed by atoms with Crippen molar-refractivity contribution in [3.8, 4) is 0 Å². The van der Waals surface area contributed by atoms with Gasteiger partial charge in [-0.2, -0.15) is 0 Å². The summed E-state index contributed by atoms with van der Waals surface area (Å²) in [5, 5.41) is 101. The van der Waals surface area contributed by atoms with Crippen LogP contribution in [0.15, 0.2) is 66.7 Å². The van der Waals surface area contributed by atoms with Gasteiger partial charge in [0.25, 0.3) is 0 Å². The molecule has 1 aliphatic heterocycles. The molecular formula is C70H101IN12O21. The lowest BCUT2D eigenvalue weighted by molar-refractivity contribution is -0.143. The van der Waals surface area contributed by atoms with Gasteiger partial charge in [-0.25, -0.2) is 0 Å². The second-order valence-corrected chi connectivity index (χ2v) is 27.6. The zero-order valence-corrected chi connectivity index (χ0v) is 60.5. The molecular weight excluding hydrogens is 1470 g/mol. The third-order valence-corrected chi connectivity index (χ3v) is 18.9. The SMILES string of the molecule is O=C(O)CC[C@H](NC(O)N[C@@H](CCCCNC(=O)[C@H](Cc1ccc2ccccc2c1)NC(=O)C1CCC(CNC(=O)[C@H](CCCCNC(=O)CN2CCN(CC(=O)O)CCN(CC(=O)O)CCN(CC(=O)O)CC2)NC(=O)[C@H](CCC(=O)O)NC(=O)CCCc2ccc(I)cc2)CC1)C(=O)O)C(=O)O. The number of nitrogens with zero attached hydrogens (tertiary/aromatic N) is 4. The topological polar surface area (TPSA) is 493 Å². The Bertz CT molecular complexity index is 3310. The molecule has 5 rings (SSSR count). The van der Waals surface area contributed by atoms with Gasteiger partial charge in [-0.3, -0.25) is 92.6 Å². The quantitative estimate of drug-likeness (QED) is 0.0208. The van der Waals surface area contributed by atoms with Gasteiger partial charge in [0, 0.05) is 107 Å². The molecule has 3 aromatic carbocycles. The van der Waals surface area contributed by atoms with Crippen LogP contribution in [0, 0.1) is 15.4 Å². The van der Waals surface area contributed by atoms with Crippen LogP contribution in [0.5, 0.6) is 0 Å². The minimum absolute atomic E-state index is 0.0275. The van der Waals surface area contributed by atoms with E-state index in [1.807, 2.05) is 66.7 Å². The number of aryl methyl sites for hydroxylation is 1. The molecule has 104 heavy (non-hydrogen) atoms. The van der Waals surface area contributed by atoms with Crippen molar-refractivity contribution < 1.29 is 103 Å². The first-order valence-electron chi connectivity index (χ1n) is 35.2. The molecule has 33 nitrogen and oxygen atoms in total. The molecule has 6 amide bonds. The van der Waals surface area contributed by atoms with Crippen LogP contribution in [-0.4, -0.2) is 272 Å². The van der Waals surface area contributed by atoms with E-state index in [2.05, 4.69) is 65.1 Å². The molecule has 0 radical (unpaired) electrons. The average Bonchev–Trinajstić information content (AvgIpc) is 0.825. The predicted molar refractivity (Wildman–Crippen MR) is 385 cm³/mol. The van der Waals surface area contributed by atoms with E-state index in [4.69, 9.17) is 5.11 Å². The smallest absolute Gasteiger partial charge is 0.320 e. The van der Waals surface area contributed by atoms with Crippen LogP contribution >= 0.6 is 22.6 Å². The van der Waals surface area contributed by atoms with Crippen LogP contribution in [0.2, 0.25) is 0 Å². The summed E-state index contributed by atoms with van der Waals surface area (Å²) in [7, 11) is 0. The lowest BCUT2D eigenvalue weighted by atomic mass is 9.81. The first kappa shape index (κ1) is 86.1. The van der Waals surface area contributed by atoms with Crippen molar-refractivity contribution in [3.63, 3.8) is 0 Å². The third-order valence-electron chi connectivity index (χ3n) is 18.2. The Kier molecular flexibility index (Phi) is 38.4. The van der Waals surface area contributed by atoms with Crippen LogP contribution in [0.25, 0.3) is 10.8 Å². The van der Waals surface area contributed by atoms with Gasteiger partial charge >= 0.3 is 41.8 Å². The minimum Gasteiger partial charge on any atom is -0.481 e. The van der Waals surface area contributed by atoms with Crippen molar-refractivity contribution in [3.05, 3.63) is 81.4 Å². The first-order chi connectivity index (χ1) is 49.6.